The molecule has 1 aromatic rings. The van der Waals surface area contributed by atoms with Gasteiger partial charge < -0.3 is 14.8 Å². The van der Waals surface area contributed by atoms with E-state index in [9.17, 15) is 4.79 Å². The number of methoxy groups -OCH3 is 1. The van der Waals surface area contributed by atoms with Gasteiger partial charge in [0.2, 0.25) is 0 Å². The Hall–Kier alpha value is -1.55. The zero-order valence-electron chi connectivity index (χ0n) is 10.5. The second kappa shape index (κ2) is 6.91. The lowest BCUT2D eigenvalue weighted by atomic mass is 10.1. The molecule has 17 heavy (non-hydrogen) atoms. The van der Waals surface area contributed by atoms with Crippen LogP contribution in [0.1, 0.15) is 24.9 Å². The molecule has 0 saturated heterocycles. The number of nitrogens with one attached hydrogen (secondary N) is 1. The molecule has 1 rings (SSSR count). The molecule has 0 aliphatic heterocycles. The summed E-state index contributed by atoms with van der Waals surface area (Å²) >= 11 is 0. The lowest BCUT2D eigenvalue weighted by molar-refractivity contribution is -0.143. The average Bonchev–Trinajstić information content (AvgIpc) is 2.37. The standard InChI is InChI=1S/C13H19NO3/c1-4-8-17-11-7-5-6-10(9-11)12(14-2)13(15)16-3/h5-7,9,12,14H,4,8H2,1-3H3. The first-order valence-corrected chi connectivity index (χ1v) is 5.70. The van der Waals surface area contributed by atoms with Gasteiger partial charge in [-0.3, -0.25) is 0 Å². The Labute approximate surface area is 102 Å². The molecule has 0 bridgehead atoms. The molecule has 0 radical (unpaired) electrons. The zero-order valence-corrected chi connectivity index (χ0v) is 10.5. The van der Waals surface area contributed by atoms with Crippen molar-refractivity contribution in [3.63, 3.8) is 0 Å². The van der Waals surface area contributed by atoms with Crippen LogP contribution in [0.25, 0.3) is 0 Å². The monoisotopic (exact) mass is 237 g/mol. The second-order valence-corrected chi connectivity index (χ2v) is 3.67. The number of hydrogen-bond donors (Lipinski definition) is 1. The lowest BCUT2D eigenvalue weighted by Crippen LogP contribution is -2.26. The van der Waals surface area contributed by atoms with E-state index in [1.54, 1.807) is 7.05 Å². The Balaban J connectivity index is 2.84. The first-order chi connectivity index (χ1) is 8.22. The van der Waals surface area contributed by atoms with Gasteiger partial charge >= 0.3 is 5.97 Å². The number of benzene rings is 1. The number of likely N-dealkylation sites (N-methyl/N-ethyl adjacent to an activating group) is 1. The summed E-state index contributed by atoms with van der Waals surface area (Å²) in [7, 11) is 3.10. The van der Waals surface area contributed by atoms with Crippen LogP contribution in [0.15, 0.2) is 24.3 Å². The van der Waals surface area contributed by atoms with Crippen molar-refractivity contribution in [3.8, 4) is 5.75 Å². The van der Waals surface area contributed by atoms with E-state index in [1.165, 1.54) is 7.11 Å². The average molecular weight is 237 g/mol. The minimum atomic E-state index is -0.454. The summed E-state index contributed by atoms with van der Waals surface area (Å²) in [5.74, 6) is 0.466. The third-order valence-corrected chi connectivity index (χ3v) is 2.39. The van der Waals surface area contributed by atoms with Crippen LogP contribution in [0.4, 0.5) is 0 Å². The lowest BCUT2D eigenvalue weighted by Gasteiger charge is -2.15. The smallest absolute Gasteiger partial charge is 0.327 e. The summed E-state index contributed by atoms with van der Waals surface area (Å²) < 4.78 is 10.3. The van der Waals surface area contributed by atoms with E-state index in [4.69, 9.17) is 9.47 Å². The highest BCUT2D eigenvalue weighted by Crippen LogP contribution is 2.20. The highest BCUT2D eigenvalue weighted by atomic mass is 16.5. The SMILES string of the molecule is CCCOc1cccc(C(NC)C(=O)OC)c1. The summed E-state index contributed by atoms with van der Waals surface area (Å²) in [4.78, 5) is 11.5. The minimum absolute atomic E-state index is 0.305. The van der Waals surface area contributed by atoms with Crippen LogP contribution in [0, 0.1) is 0 Å². The Morgan fingerprint density at radius 2 is 2.24 bits per heavy atom. The van der Waals surface area contributed by atoms with Crippen molar-refractivity contribution in [1.82, 2.24) is 5.32 Å². The fourth-order valence-electron chi connectivity index (χ4n) is 1.54. The number of carbonyl (C=O) groups excluding carboxylic acids is 1. The Morgan fingerprint density at radius 1 is 1.47 bits per heavy atom. The third kappa shape index (κ3) is 3.75. The van der Waals surface area contributed by atoms with Crippen LogP contribution in [0.2, 0.25) is 0 Å². The summed E-state index contributed by atoms with van der Waals surface area (Å²) in [6.07, 6.45) is 0.955. The van der Waals surface area contributed by atoms with Crippen molar-refractivity contribution in [2.45, 2.75) is 19.4 Å². The number of rotatable bonds is 6. The maximum absolute atomic E-state index is 11.5. The second-order valence-electron chi connectivity index (χ2n) is 3.67. The van der Waals surface area contributed by atoms with E-state index < -0.39 is 6.04 Å². The van der Waals surface area contributed by atoms with Gasteiger partial charge in [-0.05, 0) is 31.2 Å². The molecule has 4 nitrogen and oxygen atoms in total. The summed E-state index contributed by atoms with van der Waals surface area (Å²) in [6.45, 7) is 2.72. The third-order valence-electron chi connectivity index (χ3n) is 2.39. The number of hydrogen-bond acceptors (Lipinski definition) is 4. The van der Waals surface area contributed by atoms with Crippen LogP contribution < -0.4 is 10.1 Å². The molecule has 0 aliphatic carbocycles. The van der Waals surface area contributed by atoms with Gasteiger partial charge in [0.1, 0.15) is 11.8 Å². The quantitative estimate of drug-likeness (QED) is 0.768. The van der Waals surface area contributed by atoms with Crippen LogP contribution in [0.3, 0.4) is 0 Å². The highest BCUT2D eigenvalue weighted by Gasteiger charge is 2.19. The maximum Gasteiger partial charge on any atom is 0.327 e. The van der Waals surface area contributed by atoms with Crippen LogP contribution in [0.5, 0.6) is 5.75 Å². The Kier molecular flexibility index (Phi) is 5.49. The normalized spacial score (nSPS) is 11.9. The Bertz CT molecular complexity index is 365. The van der Waals surface area contributed by atoms with E-state index >= 15 is 0 Å². The van der Waals surface area contributed by atoms with E-state index in [1.807, 2.05) is 24.3 Å². The fourth-order valence-corrected chi connectivity index (χ4v) is 1.54. The van der Waals surface area contributed by atoms with E-state index in [0.29, 0.717) is 6.61 Å². The van der Waals surface area contributed by atoms with Crippen molar-refractivity contribution in [1.29, 1.82) is 0 Å². The molecule has 0 aliphatic rings. The van der Waals surface area contributed by atoms with Crippen LogP contribution in [-0.4, -0.2) is 26.7 Å². The molecule has 0 saturated carbocycles. The molecule has 0 spiro atoms. The molecule has 94 valence electrons. The van der Waals surface area contributed by atoms with Gasteiger partial charge in [0.25, 0.3) is 0 Å². The van der Waals surface area contributed by atoms with Crippen molar-refractivity contribution in [3.05, 3.63) is 29.8 Å². The molecule has 4 heteroatoms. The zero-order chi connectivity index (χ0) is 12.7. The van der Waals surface area contributed by atoms with Crippen molar-refractivity contribution in [2.75, 3.05) is 20.8 Å². The molecule has 1 N–H and O–H groups in total. The van der Waals surface area contributed by atoms with Crippen LogP contribution >= 0.6 is 0 Å². The van der Waals surface area contributed by atoms with Gasteiger partial charge in [0.15, 0.2) is 0 Å². The van der Waals surface area contributed by atoms with Crippen LogP contribution in [-0.2, 0) is 9.53 Å². The molecule has 1 aromatic carbocycles. The maximum atomic E-state index is 11.5. The van der Waals surface area contributed by atoms with Gasteiger partial charge in [0.05, 0.1) is 13.7 Å². The summed E-state index contributed by atoms with van der Waals surface area (Å²) in [5, 5.41) is 2.92. The molecular weight excluding hydrogens is 218 g/mol. The molecule has 0 fully saturated rings. The molecule has 0 aromatic heterocycles. The Morgan fingerprint density at radius 3 is 2.82 bits per heavy atom. The molecule has 1 unspecified atom stereocenters. The van der Waals surface area contributed by atoms with Crippen molar-refractivity contribution < 1.29 is 14.3 Å². The van der Waals surface area contributed by atoms with Crippen molar-refractivity contribution in [2.24, 2.45) is 0 Å². The molecule has 1 atom stereocenters. The predicted octanol–water partition coefficient (Wildman–Crippen LogP) is 1.91. The van der Waals surface area contributed by atoms with Gasteiger partial charge in [-0.25, -0.2) is 4.79 Å². The van der Waals surface area contributed by atoms with Gasteiger partial charge in [0, 0.05) is 0 Å². The fraction of sp³-hybridized carbons (Fsp3) is 0.462. The molecule has 0 heterocycles. The number of ether oxygens (including phenoxy) is 2. The van der Waals surface area contributed by atoms with Gasteiger partial charge in [-0.2, -0.15) is 0 Å². The van der Waals surface area contributed by atoms with E-state index in [2.05, 4.69) is 12.2 Å². The van der Waals surface area contributed by atoms with E-state index in [-0.39, 0.29) is 5.97 Å². The predicted molar refractivity (Wildman–Crippen MR) is 66.0 cm³/mol. The number of carbonyl (C=O) groups is 1. The first-order valence-electron chi connectivity index (χ1n) is 5.70. The molecule has 0 amide bonds. The van der Waals surface area contributed by atoms with Gasteiger partial charge in [-0.15, -0.1) is 0 Å². The highest BCUT2D eigenvalue weighted by molar-refractivity contribution is 5.77. The largest absolute Gasteiger partial charge is 0.494 e. The minimum Gasteiger partial charge on any atom is -0.494 e. The summed E-state index contributed by atoms with van der Waals surface area (Å²) in [6, 6.07) is 7.02. The first kappa shape index (κ1) is 13.5. The van der Waals surface area contributed by atoms with Gasteiger partial charge in [-0.1, -0.05) is 19.1 Å². The van der Waals surface area contributed by atoms with Crippen molar-refractivity contribution >= 4 is 5.97 Å². The summed E-state index contributed by atoms with van der Waals surface area (Å²) in [5.41, 5.74) is 0.841. The topological polar surface area (TPSA) is 47.6 Å². The number of esters is 1. The molecular formula is C13H19NO3. The van der Waals surface area contributed by atoms with E-state index in [0.717, 1.165) is 17.7 Å².